The van der Waals surface area contributed by atoms with E-state index in [0.29, 0.717) is 16.3 Å². The maximum atomic E-state index is 12.8. The predicted octanol–water partition coefficient (Wildman–Crippen LogP) is 3.77. The minimum absolute atomic E-state index is 0.238. The summed E-state index contributed by atoms with van der Waals surface area (Å²) in [5.41, 5.74) is 1.97. The highest BCUT2D eigenvalue weighted by atomic mass is 32.1. The standard InChI is InChI=1S/C20H22N2O4S/c1-12(18(24)22-14-8-4-3-5-9-14)26-20(25)17-15-10-6-7-11-16(15)27-19(17)21-13(2)23/h3-5,8-9,12H,6-7,10-11H2,1-2H3,(H,21,23)(H,22,24)/t12-/m0/s1. The summed E-state index contributed by atoms with van der Waals surface area (Å²) in [4.78, 5) is 37.7. The molecular formula is C20H22N2O4S. The lowest BCUT2D eigenvalue weighted by molar-refractivity contribution is -0.123. The summed E-state index contributed by atoms with van der Waals surface area (Å²) < 4.78 is 5.42. The summed E-state index contributed by atoms with van der Waals surface area (Å²) in [5.74, 6) is -1.22. The number of nitrogens with one attached hydrogen (secondary N) is 2. The van der Waals surface area contributed by atoms with Crippen molar-refractivity contribution in [1.29, 1.82) is 0 Å². The molecule has 0 saturated carbocycles. The Morgan fingerprint density at radius 3 is 2.48 bits per heavy atom. The monoisotopic (exact) mass is 386 g/mol. The normalized spacial score (nSPS) is 14.0. The third-order valence-corrected chi connectivity index (χ3v) is 5.57. The average Bonchev–Trinajstić information content (AvgIpc) is 2.99. The Morgan fingerprint density at radius 1 is 1.07 bits per heavy atom. The zero-order chi connectivity index (χ0) is 19.4. The van der Waals surface area contributed by atoms with E-state index in [4.69, 9.17) is 4.74 Å². The maximum Gasteiger partial charge on any atom is 0.342 e. The first-order valence-corrected chi connectivity index (χ1v) is 9.76. The largest absolute Gasteiger partial charge is 0.449 e. The molecule has 1 atom stereocenters. The molecule has 1 aromatic heterocycles. The second-order valence-corrected chi connectivity index (χ2v) is 7.60. The molecule has 7 heteroatoms. The van der Waals surface area contributed by atoms with Gasteiger partial charge < -0.3 is 15.4 Å². The molecule has 2 aromatic rings. The van der Waals surface area contributed by atoms with Crippen LogP contribution in [0.15, 0.2) is 30.3 Å². The van der Waals surface area contributed by atoms with Gasteiger partial charge in [-0.25, -0.2) is 4.79 Å². The Bertz CT molecular complexity index is 860. The fourth-order valence-electron chi connectivity index (χ4n) is 3.07. The number of thiophene rings is 1. The van der Waals surface area contributed by atoms with Crippen molar-refractivity contribution < 1.29 is 19.1 Å². The third-order valence-electron chi connectivity index (χ3n) is 4.36. The van der Waals surface area contributed by atoms with Gasteiger partial charge in [-0.05, 0) is 50.3 Å². The second kappa shape index (κ2) is 8.35. The highest BCUT2D eigenvalue weighted by Crippen LogP contribution is 2.38. The highest BCUT2D eigenvalue weighted by molar-refractivity contribution is 7.17. The van der Waals surface area contributed by atoms with E-state index in [-0.39, 0.29) is 5.91 Å². The number of rotatable bonds is 5. The van der Waals surface area contributed by atoms with Gasteiger partial charge in [-0.3, -0.25) is 9.59 Å². The van der Waals surface area contributed by atoms with Crippen molar-refractivity contribution >= 4 is 39.8 Å². The van der Waals surface area contributed by atoms with E-state index in [2.05, 4.69) is 10.6 Å². The van der Waals surface area contributed by atoms with E-state index < -0.39 is 18.0 Å². The molecule has 0 saturated heterocycles. The van der Waals surface area contributed by atoms with Crippen molar-refractivity contribution in [2.24, 2.45) is 0 Å². The summed E-state index contributed by atoms with van der Waals surface area (Å²) in [6, 6.07) is 8.99. The van der Waals surface area contributed by atoms with Crippen LogP contribution in [0.2, 0.25) is 0 Å². The van der Waals surface area contributed by atoms with E-state index in [1.807, 2.05) is 18.2 Å². The minimum Gasteiger partial charge on any atom is -0.449 e. The maximum absolute atomic E-state index is 12.8. The van der Waals surface area contributed by atoms with Crippen LogP contribution in [0.3, 0.4) is 0 Å². The molecule has 0 unspecified atom stereocenters. The van der Waals surface area contributed by atoms with Gasteiger partial charge in [-0.15, -0.1) is 11.3 Å². The lowest BCUT2D eigenvalue weighted by Crippen LogP contribution is -2.30. The van der Waals surface area contributed by atoms with Crippen molar-refractivity contribution in [3.05, 3.63) is 46.3 Å². The molecule has 2 amide bonds. The first-order chi connectivity index (χ1) is 13.0. The number of carbonyl (C=O) groups is 3. The summed E-state index contributed by atoms with van der Waals surface area (Å²) in [5, 5.41) is 5.96. The Hall–Kier alpha value is -2.67. The molecule has 0 radical (unpaired) electrons. The number of anilines is 2. The van der Waals surface area contributed by atoms with E-state index in [9.17, 15) is 14.4 Å². The summed E-state index contributed by atoms with van der Waals surface area (Å²) in [6.07, 6.45) is 2.78. The molecule has 27 heavy (non-hydrogen) atoms. The molecule has 142 valence electrons. The zero-order valence-electron chi connectivity index (χ0n) is 15.3. The average molecular weight is 386 g/mol. The smallest absolute Gasteiger partial charge is 0.342 e. The molecule has 1 aliphatic carbocycles. The first kappa shape index (κ1) is 19.1. The van der Waals surface area contributed by atoms with Gasteiger partial charge in [0.15, 0.2) is 6.10 Å². The van der Waals surface area contributed by atoms with Crippen molar-refractivity contribution in [2.75, 3.05) is 10.6 Å². The molecule has 0 spiro atoms. The van der Waals surface area contributed by atoms with Crippen LogP contribution in [-0.2, 0) is 27.2 Å². The van der Waals surface area contributed by atoms with Crippen molar-refractivity contribution in [3.63, 3.8) is 0 Å². The van der Waals surface area contributed by atoms with Crippen LogP contribution in [0, 0.1) is 0 Å². The molecule has 2 N–H and O–H groups in total. The van der Waals surface area contributed by atoms with Gasteiger partial charge in [0.25, 0.3) is 5.91 Å². The number of amides is 2. The molecule has 1 aromatic carbocycles. The molecule has 1 heterocycles. The van der Waals surface area contributed by atoms with E-state index in [1.54, 1.807) is 12.1 Å². The Morgan fingerprint density at radius 2 is 1.78 bits per heavy atom. The molecule has 0 bridgehead atoms. The van der Waals surface area contributed by atoms with Crippen LogP contribution in [0.4, 0.5) is 10.7 Å². The number of esters is 1. The topological polar surface area (TPSA) is 84.5 Å². The third kappa shape index (κ3) is 4.54. The number of aryl methyl sites for hydroxylation is 1. The molecular weight excluding hydrogens is 364 g/mol. The number of hydrogen-bond donors (Lipinski definition) is 2. The number of fused-ring (bicyclic) bond motifs is 1. The molecule has 0 fully saturated rings. The van der Waals surface area contributed by atoms with Crippen LogP contribution in [0.1, 0.15) is 47.5 Å². The van der Waals surface area contributed by atoms with Crippen molar-refractivity contribution in [1.82, 2.24) is 0 Å². The van der Waals surface area contributed by atoms with Gasteiger partial charge in [-0.2, -0.15) is 0 Å². The Balaban J connectivity index is 1.76. The van der Waals surface area contributed by atoms with Crippen LogP contribution < -0.4 is 10.6 Å². The van der Waals surface area contributed by atoms with Gasteiger partial charge in [0.1, 0.15) is 5.00 Å². The second-order valence-electron chi connectivity index (χ2n) is 6.50. The van der Waals surface area contributed by atoms with Crippen LogP contribution >= 0.6 is 11.3 Å². The minimum atomic E-state index is -0.956. The summed E-state index contributed by atoms with van der Waals surface area (Å²) in [6.45, 7) is 2.94. The van der Waals surface area contributed by atoms with Crippen molar-refractivity contribution in [2.45, 2.75) is 45.6 Å². The van der Waals surface area contributed by atoms with Crippen molar-refractivity contribution in [3.8, 4) is 0 Å². The van der Waals surface area contributed by atoms with Gasteiger partial charge in [0.05, 0.1) is 5.56 Å². The fourth-order valence-corrected chi connectivity index (χ4v) is 4.39. The van der Waals surface area contributed by atoms with E-state index in [0.717, 1.165) is 36.1 Å². The summed E-state index contributed by atoms with van der Waals surface area (Å²) >= 11 is 1.42. The van der Waals surface area contributed by atoms with E-state index >= 15 is 0 Å². The number of carbonyl (C=O) groups excluding carboxylic acids is 3. The zero-order valence-corrected chi connectivity index (χ0v) is 16.2. The predicted molar refractivity (Wildman–Crippen MR) is 105 cm³/mol. The highest BCUT2D eigenvalue weighted by Gasteiger charge is 2.29. The molecule has 1 aliphatic rings. The number of hydrogen-bond acceptors (Lipinski definition) is 5. The van der Waals surface area contributed by atoms with Crippen LogP contribution in [0.5, 0.6) is 0 Å². The Kier molecular flexibility index (Phi) is 5.91. The first-order valence-electron chi connectivity index (χ1n) is 8.94. The fraction of sp³-hybridized carbons (Fsp3) is 0.350. The SMILES string of the molecule is CC(=O)Nc1sc2c(c1C(=O)O[C@@H](C)C(=O)Nc1ccccc1)CCCC2. The Labute approximate surface area is 161 Å². The molecule has 6 nitrogen and oxygen atoms in total. The van der Waals surface area contributed by atoms with Gasteiger partial charge in [0, 0.05) is 17.5 Å². The van der Waals surface area contributed by atoms with Gasteiger partial charge in [0.2, 0.25) is 5.91 Å². The summed E-state index contributed by atoms with van der Waals surface area (Å²) in [7, 11) is 0. The number of para-hydroxylation sites is 1. The van der Waals surface area contributed by atoms with Gasteiger partial charge in [-0.1, -0.05) is 18.2 Å². The van der Waals surface area contributed by atoms with Gasteiger partial charge >= 0.3 is 5.97 Å². The molecule has 0 aliphatic heterocycles. The van der Waals surface area contributed by atoms with Crippen LogP contribution in [0.25, 0.3) is 0 Å². The lowest BCUT2D eigenvalue weighted by Gasteiger charge is -2.16. The van der Waals surface area contributed by atoms with E-state index in [1.165, 1.54) is 25.2 Å². The number of benzene rings is 1. The quantitative estimate of drug-likeness (QED) is 0.766. The number of ether oxygens (including phenoxy) is 1. The van der Waals surface area contributed by atoms with Crippen LogP contribution in [-0.4, -0.2) is 23.9 Å². The molecule has 3 rings (SSSR count). The lowest BCUT2D eigenvalue weighted by atomic mass is 9.95.